The lowest BCUT2D eigenvalue weighted by molar-refractivity contribution is 0.0997. The predicted molar refractivity (Wildman–Crippen MR) is 119 cm³/mol. The van der Waals surface area contributed by atoms with Crippen LogP contribution in [0.4, 0.5) is 5.69 Å². The maximum Gasteiger partial charge on any atom is 0.142 e. The highest BCUT2D eigenvalue weighted by Crippen LogP contribution is 2.29. The van der Waals surface area contributed by atoms with E-state index in [0.29, 0.717) is 0 Å². The van der Waals surface area contributed by atoms with E-state index in [-0.39, 0.29) is 0 Å². The van der Waals surface area contributed by atoms with Crippen LogP contribution >= 0.6 is 15.9 Å². The summed E-state index contributed by atoms with van der Waals surface area (Å²) in [4.78, 5) is 7.78. The molecule has 0 atom stereocenters. The van der Waals surface area contributed by atoms with Gasteiger partial charge in [0, 0.05) is 43.2 Å². The van der Waals surface area contributed by atoms with Gasteiger partial charge in [0.2, 0.25) is 0 Å². The molecule has 28 heavy (non-hydrogen) atoms. The van der Waals surface area contributed by atoms with Gasteiger partial charge in [-0.3, -0.25) is 9.80 Å². The number of para-hydroxylation sites is 2. The number of benzene rings is 2. The molecule has 0 aliphatic carbocycles. The van der Waals surface area contributed by atoms with E-state index in [1.54, 1.807) is 7.11 Å². The molecular weight excluding hydrogens is 414 g/mol. The molecule has 2 saturated heterocycles. The predicted octanol–water partition coefficient (Wildman–Crippen LogP) is 4.24. The zero-order chi connectivity index (χ0) is 19.3. The van der Waals surface area contributed by atoms with Crippen molar-refractivity contribution in [3.05, 3.63) is 58.6 Å². The molecule has 2 aromatic carbocycles. The number of rotatable bonds is 5. The molecule has 0 spiro atoms. The van der Waals surface area contributed by atoms with Crippen LogP contribution in [0.2, 0.25) is 0 Å². The van der Waals surface area contributed by atoms with Crippen molar-refractivity contribution < 1.29 is 4.74 Å². The molecule has 0 radical (unpaired) electrons. The monoisotopic (exact) mass is 443 g/mol. The first kappa shape index (κ1) is 19.7. The minimum Gasteiger partial charge on any atom is -0.495 e. The first-order valence-corrected chi connectivity index (χ1v) is 11.1. The fourth-order valence-corrected chi connectivity index (χ4v) is 5.00. The van der Waals surface area contributed by atoms with Crippen molar-refractivity contribution in [2.24, 2.45) is 0 Å². The van der Waals surface area contributed by atoms with Gasteiger partial charge in [0.15, 0.2) is 0 Å². The molecule has 0 N–H and O–H groups in total. The Labute approximate surface area is 177 Å². The lowest BCUT2D eigenvalue weighted by Crippen LogP contribution is -2.53. The second-order valence-corrected chi connectivity index (χ2v) is 8.75. The Bertz CT molecular complexity index is 768. The van der Waals surface area contributed by atoms with Gasteiger partial charge in [-0.05, 0) is 55.8 Å². The van der Waals surface area contributed by atoms with Crippen molar-refractivity contribution >= 4 is 21.6 Å². The Morgan fingerprint density at radius 1 is 0.929 bits per heavy atom. The van der Waals surface area contributed by atoms with Gasteiger partial charge in [0.1, 0.15) is 5.75 Å². The number of halogens is 1. The maximum atomic E-state index is 5.55. The molecule has 2 aliphatic heterocycles. The second kappa shape index (κ2) is 9.29. The molecule has 2 aromatic rings. The van der Waals surface area contributed by atoms with Crippen LogP contribution in [0.5, 0.6) is 5.75 Å². The second-order valence-electron chi connectivity index (χ2n) is 7.83. The zero-order valence-corrected chi connectivity index (χ0v) is 18.3. The quantitative estimate of drug-likeness (QED) is 0.687. The molecule has 2 fully saturated rings. The molecule has 0 saturated carbocycles. The van der Waals surface area contributed by atoms with Crippen LogP contribution in [-0.4, -0.2) is 62.2 Å². The van der Waals surface area contributed by atoms with E-state index in [4.69, 9.17) is 4.74 Å². The normalized spacial score (nSPS) is 19.7. The number of anilines is 1. The van der Waals surface area contributed by atoms with Crippen molar-refractivity contribution in [1.82, 2.24) is 9.80 Å². The minimum atomic E-state index is 0.735. The molecule has 150 valence electrons. The van der Waals surface area contributed by atoms with E-state index in [1.165, 1.54) is 41.7 Å². The number of methoxy groups -OCH3 is 1. The Balaban J connectivity index is 1.26. The first-order chi connectivity index (χ1) is 13.7. The number of piperidine rings is 1. The summed E-state index contributed by atoms with van der Waals surface area (Å²) >= 11 is 3.58. The lowest BCUT2D eigenvalue weighted by atomic mass is 10.0. The first-order valence-electron chi connectivity index (χ1n) is 10.3. The van der Waals surface area contributed by atoms with Crippen LogP contribution in [0.3, 0.4) is 0 Å². The summed E-state index contributed by atoms with van der Waals surface area (Å²) in [5.74, 6) is 0.983. The summed E-state index contributed by atoms with van der Waals surface area (Å²) in [5, 5.41) is 0. The molecule has 2 aliphatic rings. The Morgan fingerprint density at radius 2 is 1.68 bits per heavy atom. The molecule has 4 rings (SSSR count). The molecule has 0 aromatic heterocycles. The van der Waals surface area contributed by atoms with Crippen LogP contribution in [0, 0.1) is 0 Å². The van der Waals surface area contributed by atoms with Crippen molar-refractivity contribution in [2.75, 3.05) is 51.3 Å². The van der Waals surface area contributed by atoms with E-state index in [1.807, 2.05) is 6.07 Å². The highest BCUT2D eigenvalue weighted by Gasteiger charge is 2.28. The van der Waals surface area contributed by atoms with Gasteiger partial charge < -0.3 is 9.64 Å². The maximum absolute atomic E-state index is 5.55. The molecule has 4 nitrogen and oxygen atoms in total. The smallest absolute Gasteiger partial charge is 0.142 e. The molecule has 5 heteroatoms. The summed E-state index contributed by atoms with van der Waals surface area (Å²) in [6, 6.07) is 17.8. The summed E-state index contributed by atoms with van der Waals surface area (Å²) in [7, 11) is 1.76. The van der Waals surface area contributed by atoms with Crippen molar-refractivity contribution in [3.63, 3.8) is 0 Å². The highest BCUT2D eigenvalue weighted by atomic mass is 79.9. The zero-order valence-electron chi connectivity index (χ0n) is 16.7. The molecule has 2 heterocycles. The van der Waals surface area contributed by atoms with Gasteiger partial charge in [-0.15, -0.1) is 0 Å². The van der Waals surface area contributed by atoms with Crippen LogP contribution in [0.25, 0.3) is 0 Å². The molecule has 0 bridgehead atoms. The number of ether oxygens (including phenoxy) is 1. The SMILES string of the molecule is COc1ccccc1N1CCN(C2CCN(Cc3cccc(Br)c3)CC2)CC1. The average Bonchev–Trinajstić information content (AvgIpc) is 2.74. The summed E-state index contributed by atoms with van der Waals surface area (Å²) in [6.07, 6.45) is 2.56. The van der Waals surface area contributed by atoms with Crippen LogP contribution in [0.15, 0.2) is 53.0 Å². The molecule has 0 amide bonds. The van der Waals surface area contributed by atoms with E-state index in [9.17, 15) is 0 Å². The summed E-state index contributed by atoms with van der Waals surface area (Å²) < 4.78 is 6.72. The third kappa shape index (κ3) is 4.70. The van der Waals surface area contributed by atoms with Gasteiger partial charge in [-0.1, -0.05) is 40.2 Å². The number of nitrogens with zero attached hydrogens (tertiary/aromatic N) is 3. The van der Waals surface area contributed by atoms with Crippen molar-refractivity contribution in [2.45, 2.75) is 25.4 Å². The fourth-order valence-electron chi connectivity index (χ4n) is 4.56. The number of likely N-dealkylation sites (tertiary alicyclic amines) is 1. The van der Waals surface area contributed by atoms with Gasteiger partial charge >= 0.3 is 0 Å². The third-order valence-electron chi connectivity index (χ3n) is 6.11. The summed E-state index contributed by atoms with van der Waals surface area (Å²) in [5.41, 5.74) is 2.63. The largest absolute Gasteiger partial charge is 0.495 e. The van der Waals surface area contributed by atoms with Gasteiger partial charge in [0.25, 0.3) is 0 Å². The van der Waals surface area contributed by atoms with Gasteiger partial charge in [-0.25, -0.2) is 0 Å². The van der Waals surface area contributed by atoms with E-state index >= 15 is 0 Å². The standard InChI is InChI=1S/C23H30BrN3O/c1-28-23-8-3-2-7-22(23)27-15-13-26(14-16-27)21-9-11-25(12-10-21)18-19-5-4-6-20(24)17-19/h2-8,17,21H,9-16,18H2,1H3. The highest BCUT2D eigenvalue weighted by molar-refractivity contribution is 9.10. The average molecular weight is 444 g/mol. The lowest BCUT2D eigenvalue weighted by Gasteiger charge is -2.43. The Kier molecular flexibility index (Phi) is 6.55. The minimum absolute atomic E-state index is 0.735. The van der Waals surface area contributed by atoms with Crippen LogP contribution in [-0.2, 0) is 6.54 Å². The summed E-state index contributed by atoms with van der Waals surface area (Å²) in [6.45, 7) is 7.92. The number of hydrogen-bond acceptors (Lipinski definition) is 4. The van der Waals surface area contributed by atoms with Crippen molar-refractivity contribution in [3.8, 4) is 5.75 Å². The fraction of sp³-hybridized carbons (Fsp3) is 0.478. The number of piperazine rings is 1. The van der Waals surface area contributed by atoms with Gasteiger partial charge in [-0.2, -0.15) is 0 Å². The molecule has 0 unspecified atom stereocenters. The van der Waals surface area contributed by atoms with Gasteiger partial charge in [0.05, 0.1) is 12.8 Å². The van der Waals surface area contributed by atoms with E-state index < -0.39 is 0 Å². The topological polar surface area (TPSA) is 19.0 Å². The van der Waals surface area contributed by atoms with E-state index in [0.717, 1.165) is 44.5 Å². The Morgan fingerprint density at radius 3 is 2.39 bits per heavy atom. The van der Waals surface area contributed by atoms with Crippen LogP contribution in [0.1, 0.15) is 18.4 Å². The Hall–Kier alpha value is -1.56. The van der Waals surface area contributed by atoms with Crippen molar-refractivity contribution in [1.29, 1.82) is 0 Å². The van der Waals surface area contributed by atoms with Crippen LogP contribution < -0.4 is 9.64 Å². The van der Waals surface area contributed by atoms with E-state index in [2.05, 4.69) is 73.1 Å². The third-order valence-corrected chi connectivity index (χ3v) is 6.60. The molecular formula is C23H30BrN3O. The number of hydrogen-bond donors (Lipinski definition) is 0.